The van der Waals surface area contributed by atoms with Crippen molar-refractivity contribution in [2.24, 2.45) is 7.05 Å². The summed E-state index contributed by atoms with van der Waals surface area (Å²) in [7, 11) is -12.7. The fourth-order valence-electron chi connectivity index (χ4n) is 6.80. The van der Waals surface area contributed by atoms with Crippen LogP contribution in [0.3, 0.4) is 0 Å². The van der Waals surface area contributed by atoms with Crippen molar-refractivity contribution in [2.45, 2.75) is 56.3 Å². The number of aryl methyl sites for hydroxylation is 3. The van der Waals surface area contributed by atoms with E-state index >= 15 is 0 Å². The third kappa shape index (κ3) is 17.6. The van der Waals surface area contributed by atoms with Crippen molar-refractivity contribution in [1.29, 1.82) is 0 Å². The number of amides is 5. The average Bonchev–Trinajstić information content (AvgIpc) is 3.80. The van der Waals surface area contributed by atoms with Crippen LogP contribution in [0.4, 0.5) is 5.95 Å². The molecule has 27 nitrogen and oxygen atoms in total. The van der Waals surface area contributed by atoms with Crippen LogP contribution >= 0.6 is 12.6 Å². The van der Waals surface area contributed by atoms with Crippen molar-refractivity contribution in [3.05, 3.63) is 81.4 Å². The molecule has 4 aromatic rings. The van der Waals surface area contributed by atoms with Crippen LogP contribution in [0.15, 0.2) is 58.6 Å². The Morgan fingerprint density at radius 2 is 1.48 bits per heavy atom. The second-order valence-electron chi connectivity index (χ2n) is 15.7. The van der Waals surface area contributed by atoms with Gasteiger partial charge in [0.15, 0.2) is 5.95 Å². The number of rotatable bonds is 27. The normalized spacial score (nSPS) is 13.0. The Morgan fingerprint density at radius 1 is 0.845 bits per heavy atom. The maximum absolute atomic E-state index is 13.6. The number of benzene rings is 2. The Bertz CT molecular complexity index is 3020. The number of aromatic nitrogens is 3. The molecule has 0 saturated carbocycles. The molecule has 4 rings (SSSR count). The first-order valence-electron chi connectivity index (χ1n) is 21.0. The van der Waals surface area contributed by atoms with Crippen LogP contribution in [-0.4, -0.2) is 151 Å². The van der Waals surface area contributed by atoms with E-state index < -0.39 is 113 Å². The van der Waals surface area contributed by atoms with Gasteiger partial charge in [-0.25, -0.2) is 13.4 Å². The van der Waals surface area contributed by atoms with Gasteiger partial charge in [-0.15, -0.1) is 0 Å². The van der Waals surface area contributed by atoms with Gasteiger partial charge in [-0.05, 0) is 61.2 Å². The monoisotopic (exact) mass is 1070 g/mol. The Morgan fingerprint density at radius 3 is 2.07 bits per heavy atom. The van der Waals surface area contributed by atoms with E-state index in [9.17, 15) is 68.5 Å². The van der Waals surface area contributed by atoms with Crippen molar-refractivity contribution >= 4 is 95.2 Å². The lowest BCUT2D eigenvalue weighted by molar-refractivity contribution is -0.138. The van der Waals surface area contributed by atoms with Crippen LogP contribution in [0, 0.1) is 13.8 Å². The number of aromatic amines is 1. The number of imidazole rings is 1. The van der Waals surface area contributed by atoms with Gasteiger partial charge in [0.2, 0.25) is 39.1 Å². The SMILES string of the molecule is Cc1cc(OCCCC(=O)NCCNC(=O)[C@H](CS(=O)(=O)O)NC(=O)[C@H](CS(=O)(=O)O)NC(=O)CS)cc(C)c1S(=O)(=O)N[C@@H](CNC(=O)c1cn(C)c2cc(CNc3ncc[nH]3)ccc2c1=O)C(=O)O. The number of sulfonamides is 1. The highest BCUT2D eigenvalue weighted by atomic mass is 32.2. The number of carboxylic acid groups (broad SMARTS) is 1. The lowest BCUT2D eigenvalue weighted by Crippen LogP contribution is -2.57. The molecule has 71 heavy (non-hydrogen) atoms. The summed E-state index contributed by atoms with van der Waals surface area (Å²) >= 11 is 3.68. The van der Waals surface area contributed by atoms with E-state index in [2.05, 4.69) is 48.6 Å². The number of thiol groups is 1. The van der Waals surface area contributed by atoms with Crippen LogP contribution in [0.2, 0.25) is 0 Å². The third-order valence-corrected chi connectivity index (χ3v) is 13.5. The Hall–Kier alpha value is -6.64. The number of ether oxygens (including phenoxy) is 1. The molecule has 5 amide bonds. The zero-order valence-corrected chi connectivity index (χ0v) is 41.4. The number of fused-ring (bicyclic) bond motifs is 1. The first-order chi connectivity index (χ1) is 33.2. The number of aliphatic carboxylic acids is 1. The second kappa shape index (κ2) is 25.0. The minimum Gasteiger partial charge on any atom is -0.494 e. The quantitative estimate of drug-likeness (QED) is 0.0170. The summed E-state index contributed by atoms with van der Waals surface area (Å²) in [5.41, 5.74) is 0.738. The molecule has 0 aliphatic heterocycles. The summed E-state index contributed by atoms with van der Waals surface area (Å²) in [6.07, 6.45) is 4.57. The van der Waals surface area contributed by atoms with Gasteiger partial charge in [-0.2, -0.15) is 34.2 Å². The summed E-state index contributed by atoms with van der Waals surface area (Å²) < 4.78 is 101. The minimum absolute atomic E-state index is 0.0382. The van der Waals surface area contributed by atoms with Crippen molar-refractivity contribution in [3.63, 3.8) is 0 Å². The van der Waals surface area contributed by atoms with Gasteiger partial charge in [0.05, 0.1) is 22.8 Å². The summed E-state index contributed by atoms with van der Waals surface area (Å²) in [4.78, 5) is 95.1. The number of carbonyl (C=O) groups is 6. The molecule has 388 valence electrons. The van der Waals surface area contributed by atoms with E-state index in [-0.39, 0.29) is 65.3 Å². The Labute approximate surface area is 411 Å². The van der Waals surface area contributed by atoms with Gasteiger partial charge < -0.3 is 51.3 Å². The number of nitrogens with zero attached hydrogens (tertiary/aromatic N) is 2. The smallest absolute Gasteiger partial charge is 0.323 e. The molecular weight excluding hydrogens is 1020 g/mol. The largest absolute Gasteiger partial charge is 0.494 e. The predicted molar refractivity (Wildman–Crippen MR) is 256 cm³/mol. The van der Waals surface area contributed by atoms with E-state index in [4.69, 9.17) is 9.29 Å². The molecule has 0 spiro atoms. The Kier molecular flexibility index (Phi) is 20.0. The summed E-state index contributed by atoms with van der Waals surface area (Å²) in [5.74, 6) is -9.06. The van der Waals surface area contributed by atoms with E-state index in [0.29, 0.717) is 18.0 Å². The van der Waals surface area contributed by atoms with Crippen LogP contribution in [-0.2, 0) is 67.8 Å². The zero-order chi connectivity index (χ0) is 52.8. The molecule has 2 aromatic heterocycles. The maximum atomic E-state index is 13.6. The maximum Gasteiger partial charge on any atom is 0.323 e. The fourth-order valence-corrected chi connectivity index (χ4v) is 9.85. The van der Waals surface area contributed by atoms with E-state index in [1.165, 1.54) is 32.2 Å². The molecule has 2 aromatic carbocycles. The molecule has 0 unspecified atom stereocenters. The highest BCUT2D eigenvalue weighted by molar-refractivity contribution is 7.89. The zero-order valence-electron chi connectivity index (χ0n) is 38.0. The second-order valence-corrected chi connectivity index (χ2v) is 20.6. The first-order valence-corrected chi connectivity index (χ1v) is 26.3. The molecule has 0 fully saturated rings. The Balaban J connectivity index is 1.26. The molecule has 3 atom stereocenters. The van der Waals surface area contributed by atoms with Gasteiger partial charge in [-0.1, -0.05) is 6.07 Å². The van der Waals surface area contributed by atoms with Gasteiger partial charge in [0.1, 0.15) is 40.9 Å². The standard InChI is InChI=1S/C40H52N10O17S4/c1-22-13-25(67-12-4-5-32(51)41-8-9-42-37(55)29(20-69(59,60)61)48-38(56)30(21-70(62,63)64)47-33(52)19-68)14-23(2)35(22)71(65,66)49-28(39(57)58)17-45-36(54)27-18-50(3)31-15-24(6-7-26(31)34(27)53)16-46-40-43-10-11-44-40/h6-7,10-11,13-15,18,28-30,49,68H,4-5,8-9,12,16-17,19-21H2,1-3H3,(H,41,51)(H,42,55)(H,45,54)(H,47,52)(H,48,56)(H,57,58)(H2,43,44,46)(H,59,60,61)(H,62,63,64)/t28-,29-,30-/m0/s1. The third-order valence-electron chi connectivity index (χ3n) is 9.97. The van der Waals surface area contributed by atoms with E-state index in [1.54, 1.807) is 42.2 Å². The summed E-state index contributed by atoms with van der Waals surface area (Å²) in [5, 5.41) is 24.1. The van der Waals surface area contributed by atoms with Crippen LogP contribution in [0.1, 0.15) is 39.9 Å². The van der Waals surface area contributed by atoms with Gasteiger partial charge in [0.25, 0.3) is 26.1 Å². The molecule has 0 aliphatic rings. The number of pyridine rings is 1. The summed E-state index contributed by atoms with van der Waals surface area (Å²) in [6.45, 7) is 1.97. The fraction of sp³-hybridized carbons (Fsp3) is 0.400. The van der Waals surface area contributed by atoms with E-state index in [1.807, 2.05) is 10.6 Å². The number of hydrogen-bond donors (Lipinski definition) is 12. The van der Waals surface area contributed by atoms with Crippen molar-refractivity contribution in [1.82, 2.24) is 45.8 Å². The number of hydrogen-bond acceptors (Lipinski definition) is 17. The van der Waals surface area contributed by atoms with Gasteiger partial charge in [-0.3, -0.25) is 42.7 Å². The molecule has 0 bridgehead atoms. The number of carbonyl (C=O) groups excluding carboxylic acids is 5. The van der Waals surface area contributed by atoms with Crippen molar-refractivity contribution in [3.8, 4) is 5.75 Å². The van der Waals surface area contributed by atoms with Crippen LogP contribution in [0.5, 0.6) is 5.75 Å². The predicted octanol–water partition coefficient (Wildman–Crippen LogP) is -2.28. The van der Waals surface area contributed by atoms with Crippen molar-refractivity contribution < 1.29 is 73.0 Å². The molecule has 0 saturated heterocycles. The number of carboxylic acids is 1. The van der Waals surface area contributed by atoms with Crippen molar-refractivity contribution in [2.75, 3.05) is 48.8 Å². The number of nitrogens with one attached hydrogen (secondary N) is 8. The lowest BCUT2D eigenvalue weighted by atomic mass is 10.1. The molecule has 2 heterocycles. The highest BCUT2D eigenvalue weighted by Gasteiger charge is 2.33. The minimum atomic E-state index is -4.92. The molecular formula is C40H52N10O17S4. The van der Waals surface area contributed by atoms with Gasteiger partial charge in [0, 0.05) is 63.6 Å². The highest BCUT2D eigenvalue weighted by Crippen LogP contribution is 2.26. The lowest BCUT2D eigenvalue weighted by Gasteiger charge is -2.21. The average molecular weight is 1070 g/mol. The number of H-pyrrole nitrogens is 1. The van der Waals surface area contributed by atoms with Crippen LogP contribution < -0.4 is 46.8 Å². The summed E-state index contributed by atoms with van der Waals surface area (Å²) in [6, 6.07) is 1.92. The molecule has 0 aliphatic carbocycles. The number of anilines is 1. The van der Waals surface area contributed by atoms with Gasteiger partial charge >= 0.3 is 5.97 Å². The molecule has 0 radical (unpaired) electrons. The molecule has 31 heteroatoms. The van der Waals surface area contributed by atoms with E-state index in [0.717, 1.165) is 5.56 Å². The topological polar surface area (TPSA) is 410 Å². The molecule has 11 N–H and O–H groups in total. The van der Waals surface area contributed by atoms with Crippen LogP contribution in [0.25, 0.3) is 10.9 Å². The first kappa shape index (κ1) is 56.9.